The summed E-state index contributed by atoms with van der Waals surface area (Å²) in [6, 6.07) is 11.3. The van der Waals surface area contributed by atoms with Crippen LogP contribution in [0.3, 0.4) is 0 Å². The van der Waals surface area contributed by atoms with Crippen molar-refractivity contribution in [2.75, 3.05) is 13.2 Å². The van der Waals surface area contributed by atoms with E-state index in [-0.39, 0.29) is 18.4 Å². The SMILES string of the molecule is C=C(/C=C\CCNC(=O)[C@@H]1c2ccccc2C(=O)N[C@H]1c1ccc(Cl)cc1Cl)OCC(=O)OC(C)(C)C. The molecule has 1 aliphatic rings. The first-order chi connectivity index (χ1) is 17.5. The molecule has 0 saturated carbocycles. The molecular weight excluding hydrogens is 515 g/mol. The third-order valence-corrected chi connectivity index (χ3v) is 6.01. The molecule has 2 aromatic rings. The van der Waals surface area contributed by atoms with Crippen molar-refractivity contribution in [3.8, 4) is 0 Å². The first-order valence-electron chi connectivity index (χ1n) is 11.8. The summed E-state index contributed by atoms with van der Waals surface area (Å²) in [6.45, 7) is 9.18. The molecule has 196 valence electrons. The molecule has 1 heterocycles. The predicted octanol–water partition coefficient (Wildman–Crippen LogP) is 5.50. The molecule has 2 aromatic carbocycles. The van der Waals surface area contributed by atoms with Crippen molar-refractivity contribution in [1.82, 2.24) is 10.6 Å². The molecule has 0 radical (unpaired) electrons. The topological polar surface area (TPSA) is 93.7 Å². The molecule has 0 fully saturated rings. The second kappa shape index (κ2) is 12.3. The summed E-state index contributed by atoms with van der Waals surface area (Å²) < 4.78 is 10.5. The van der Waals surface area contributed by atoms with Crippen LogP contribution in [0.4, 0.5) is 0 Å². The standard InChI is InChI=1S/C28H30Cl2N2O5/c1-17(36-16-23(33)37-28(2,3)4)9-7-8-14-31-27(35)24-19-10-5-6-11-20(19)26(34)32-25(24)21-13-12-18(29)15-22(21)30/h5-7,9-13,15,24-25H,1,8,14,16H2,2-4H3,(H,31,35)(H,32,34)/b9-7-/t24-,25+/m1/s1. The average Bonchev–Trinajstić information content (AvgIpc) is 2.81. The fourth-order valence-electron chi connectivity index (χ4n) is 3.93. The van der Waals surface area contributed by atoms with Crippen molar-refractivity contribution in [2.45, 2.75) is 44.8 Å². The Morgan fingerprint density at radius 1 is 1.14 bits per heavy atom. The van der Waals surface area contributed by atoms with Crippen LogP contribution in [0.25, 0.3) is 0 Å². The van der Waals surface area contributed by atoms with Gasteiger partial charge in [-0.2, -0.15) is 0 Å². The number of amides is 2. The van der Waals surface area contributed by atoms with Crippen LogP contribution < -0.4 is 10.6 Å². The molecule has 37 heavy (non-hydrogen) atoms. The highest BCUT2D eigenvalue weighted by Gasteiger charge is 2.39. The van der Waals surface area contributed by atoms with Crippen LogP contribution in [-0.2, 0) is 19.1 Å². The van der Waals surface area contributed by atoms with Crippen molar-refractivity contribution in [3.63, 3.8) is 0 Å². The first-order valence-corrected chi connectivity index (χ1v) is 12.5. The van der Waals surface area contributed by atoms with Gasteiger partial charge in [-0.15, -0.1) is 0 Å². The number of allylic oxidation sites excluding steroid dienone is 1. The Bertz CT molecular complexity index is 1220. The monoisotopic (exact) mass is 544 g/mol. The molecule has 0 saturated heterocycles. The molecule has 0 spiro atoms. The number of carbonyl (C=O) groups excluding carboxylic acids is 3. The van der Waals surface area contributed by atoms with E-state index in [9.17, 15) is 14.4 Å². The minimum atomic E-state index is -0.691. The molecule has 1 aliphatic heterocycles. The predicted molar refractivity (Wildman–Crippen MR) is 144 cm³/mol. The van der Waals surface area contributed by atoms with Crippen LogP contribution in [0, 0.1) is 0 Å². The lowest BCUT2D eigenvalue weighted by Gasteiger charge is -2.34. The maximum atomic E-state index is 13.4. The van der Waals surface area contributed by atoms with Crippen LogP contribution in [0.5, 0.6) is 0 Å². The van der Waals surface area contributed by atoms with Gasteiger partial charge in [-0.05, 0) is 62.6 Å². The molecule has 2 N–H and O–H groups in total. The smallest absolute Gasteiger partial charge is 0.344 e. The molecule has 3 rings (SSSR count). The minimum absolute atomic E-state index is 0.237. The highest BCUT2D eigenvalue weighted by molar-refractivity contribution is 6.35. The Kier molecular flexibility index (Phi) is 9.40. The van der Waals surface area contributed by atoms with E-state index in [0.717, 1.165) is 0 Å². The summed E-state index contributed by atoms with van der Waals surface area (Å²) >= 11 is 12.5. The molecule has 9 heteroatoms. The average molecular weight is 545 g/mol. The number of nitrogens with one attached hydrogen (secondary N) is 2. The molecule has 0 unspecified atom stereocenters. The van der Waals surface area contributed by atoms with Crippen molar-refractivity contribution >= 4 is 41.0 Å². The van der Waals surface area contributed by atoms with E-state index in [0.29, 0.717) is 45.5 Å². The molecule has 0 aliphatic carbocycles. The number of hydrogen-bond acceptors (Lipinski definition) is 5. The maximum Gasteiger partial charge on any atom is 0.344 e. The van der Waals surface area contributed by atoms with Gasteiger partial charge in [0.15, 0.2) is 6.61 Å². The molecule has 0 bridgehead atoms. The Hall–Kier alpha value is -3.29. The third kappa shape index (κ3) is 7.84. The number of halogens is 2. The second-order valence-corrected chi connectivity index (χ2v) is 10.3. The van der Waals surface area contributed by atoms with Crippen molar-refractivity contribution in [3.05, 3.63) is 93.7 Å². The Morgan fingerprint density at radius 2 is 1.86 bits per heavy atom. The van der Waals surface area contributed by atoms with Gasteiger partial charge in [0, 0.05) is 22.2 Å². The Morgan fingerprint density at radius 3 is 2.57 bits per heavy atom. The van der Waals surface area contributed by atoms with E-state index in [2.05, 4.69) is 17.2 Å². The fourth-order valence-corrected chi connectivity index (χ4v) is 4.46. The number of fused-ring (bicyclic) bond motifs is 1. The van der Waals surface area contributed by atoms with Gasteiger partial charge in [-0.1, -0.05) is 60.1 Å². The summed E-state index contributed by atoms with van der Waals surface area (Å²) in [5.74, 6) is -1.40. The lowest BCUT2D eigenvalue weighted by atomic mass is 9.80. The molecule has 2 amide bonds. The van der Waals surface area contributed by atoms with Crippen molar-refractivity contribution in [1.29, 1.82) is 0 Å². The summed E-state index contributed by atoms with van der Waals surface area (Å²) in [4.78, 5) is 37.9. The van der Waals surface area contributed by atoms with E-state index >= 15 is 0 Å². The lowest BCUT2D eigenvalue weighted by Crippen LogP contribution is -2.45. The van der Waals surface area contributed by atoms with Gasteiger partial charge in [0.1, 0.15) is 11.4 Å². The van der Waals surface area contributed by atoms with E-state index in [1.165, 1.54) is 0 Å². The summed E-state index contributed by atoms with van der Waals surface area (Å²) in [5.41, 5.74) is 1.09. The van der Waals surface area contributed by atoms with Gasteiger partial charge in [0.2, 0.25) is 5.91 Å². The van der Waals surface area contributed by atoms with Crippen LogP contribution in [0.15, 0.2) is 67.0 Å². The number of esters is 1. The quantitative estimate of drug-likeness (QED) is 0.188. The van der Waals surface area contributed by atoms with Gasteiger partial charge in [0.05, 0.1) is 12.0 Å². The van der Waals surface area contributed by atoms with Gasteiger partial charge in [-0.3, -0.25) is 9.59 Å². The van der Waals surface area contributed by atoms with Gasteiger partial charge < -0.3 is 20.1 Å². The lowest BCUT2D eigenvalue weighted by molar-refractivity contribution is -0.158. The van der Waals surface area contributed by atoms with Crippen LogP contribution in [0.1, 0.15) is 60.6 Å². The van der Waals surface area contributed by atoms with Crippen molar-refractivity contribution < 1.29 is 23.9 Å². The zero-order valence-corrected chi connectivity index (χ0v) is 22.5. The van der Waals surface area contributed by atoms with E-state index in [1.54, 1.807) is 75.4 Å². The number of carbonyl (C=O) groups is 3. The zero-order chi connectivity index (χ0) is 27.2. The molecular formula is C28H30Cl2N2O5. The molecule has 7 nitrogen and oxygen atoms in total. The van der Waals surface area contributed by atoms with Crippen molar-refractivity contribution in [2.24, 2.45) is 0 Å². The largest absolute Gasteiger partial charge is 0.483 e. The highest BCUT2D eigenvalue weighted by Crippen LogP contribution is 2.40. The highest BCUT2D eigenvalue weighted by atomic mass is 35.5. The second-order valence-electron chi connectivity index (χ2n) is 9.51. The van der Waals surface area contributed by atoms with Gasteiger partial charge >= 0.3 is 5.97 Å². The van der Waals surface area contributed by atoms with Crippen LogP contribution >= 0.6 is 23.2 Å². The van der Waals surface area contributed by atoms with Crippen LogP contribution in [-0.4, -0.2) is 36.5 Å². The van der Waals surface area contributed by atoms with E-state index < -0.39 is 23.5 Å². The van der Waals surface area contributed by atoms with E-state index in [4.69, 9.17) is 32.7 Å². The summed E-state index contributed by atoms with van der Waals surface area (Å²) in [7, 11) is 0. The normalized spacial score (nSPS) is 17.1. The van der Waals surface area contributed by atoms with Crippen LogP contribution in [0.2, 0.25) is 10.0 Å². The van der Waals surface area contributed by atoms with Gasteiger partial charge in [-0.25, -0.2) is 4.79 Å². The number of hydrogen-bond donors (Lipinski definition) is 2. The van der Waals surface area contributed by atoms with Gasteiger partial charge in [0.25, 0.3) is 5.91 Å². The zero-order valence-electron chi connectivity index (χ0n) is 21.0. The summed E-state index contributed by atoms with van der Waals surface area (Å²) in [5, 5.41) is 6.68. The molecule has 0 aromatic heterocycles. The summed E-state index contributed by atoms with van der Waals surface area (Å²) in [6.07, 6.45) is 3.90. The maximum absolute atomic E-state index is 13.4. The molecule has 2 atom stereocenters. The minimum Gasteiger partial charge on any atom is -0.483 e. The van der Waals surface area contributed by atoms with E-state index in [1.807, 2.05) is 0 Å². The number of benzene rings is 2. The Balaban J connectivity index is 1.63. The number of rotatable bonds is 9. The Labute approximate surface area is 226 Å². The fraction of sp³-hybridized carbons (Fsp3) is 0.321. The first kappa shape index (κ1) is 28.3. The number of ether oxygens (including phenoxy) is 2. The third-order valence-electron chi connectivity index (χ3n) is 5.45.